The predicted molar refractivity (Wildman–Crippen MR) is 104 cm³/mol. The Morgan fingerprint density at radius 3 is 2.68 bits per heavy atom. The molecule has 0 spiro atoms. The van der Waals surface area contributed by atoms with Gasteiger partial charge in [0.1, 0.15) is 0 Å². The summed E-state index contributed by atoms with van der Waals surface area (Å²) in [4.78, 5) is 14.5. The van der Waals surface area contributed by atoms with Gasteiger partial charge in [0.25, 0.3) is 0 Å². The third-order valence-electron chi connectivity index (χ3n) is 3.89. The van der Waals surface area contributed by atoms with Crippen molar-refractivity contribution in [3.05, 3.63) is 64.1 Å². The van der Waals surface area contributed by atoms with E-state index in [9.17, 15) is 4.79 Å². The van der Waals surface area contributed by atoms with Crippen molar-refractivity contribution in [3.63, 3.8) is 0 Å². The van der Waals surface area contributed by atoms with Gasteiger partial charge in [-0.3, -0.25) is 4.79 Å². The van der Waals surface area contributed by atoms with Gasteiger partial charge in [0.2, 0.25) is 5.91 Å². The highest BCUT2D eigenvalue weighted by Gasteiger charge is 2.15. The number of halogens is 2. The van der Waals surface area contributed by atoms with E-state index < -0.39 is 0 Å². The molecular formula is C19H18Cl2N2O2. The first-order chi connectivity index (χ1) is 12.1. The normalized spacial score (nSPS) is 14.7. The zero-order valence-corrected chi connectivity index (χ0v) is 15.1. The molecule has 0 saturated carbocycles. The number of para-hydroxylation sites is 2. The van der Waals surface area contributed by atoms with Gasteiger partial charge in [-0.15, -0.1) is 0 Å². The molecule has 4 nitrogen and oxygen atoms in total. The predicted octanol–water partition coefficient (Wildman–Crippen LogP) is 4.48. The number of ether oxygens (including phenoxy) is 1. The number of anilines is 2. The van der Waals surface area contributed by atoms with E-state index in [0.717, 1.165) is 24.5 Å². The van der Waals surface area contributed by atoms with E-state index >= 15 is 0 Å². The van der Waals surface area contributed by atoms with E-state index in [2.05, 4.69) is 10.2 Å². The molecule has 1 amide bonds. The minimum absolute atomic E-state index is 0.225. The number of nitrogens with one attached hydrogen (secondary N) is 1. The van der Waals surface area contributed by atoms with Crippen LogP contribution < -0.4 is 10.2 Å². The van der Waals surface area contributed by atoms with Gasteiger partial charge in [-0.25, -0.2) is 0 Å². The molecule has 130 valence electrons. The average Bonchev–Trinajstić information content (AvgIpc) is 2.64. The molecule has 1 aliphatic rings. The van der Waals surface area contributed by atoms with Crippen LogP contribution >= 0.6 is 23.2 Å². The van der Waals surface area contributed by atoms with Crippen LogP contribution in [0.1, 0.15) is 5.56 Å². The minimum atomic E-state index is -0.225. The lowest BCUT2D eigenvalue weighted by Crippen LogP contribution is -2.36. The van der Waals surface area contributed by atoms with E-state index in [1.807, 2.05) is 24.3 Å². The summed E-state index contributed by atoms with van der Waals surface area (Å²) in [6.45, 7) is 2.99. The van der Waals surface area contributed by atoms with E-state index in [4.69, 9.17) is 27.9 Å². The first-order valence-corrected chi connectivity index (χ1v) is 8.75. The molecule has 0 aromatic heterocycles. The molecule has 25 heavy (non-hydrogen) atoms. The molecule has 2 aromatic rings. The van der Waals surface area contributed by atoms with E-state index in [0.29, 0.717) is 28.8 Å². The van der Waals surface area contributed by atoms with Crippen molar-refractivity contribution in [1.29, 1.82) is 0 Å². The van der Waals surface area contributed by atoms with Crippen LogP contribution in [0.4, 0.5) is 11.4 Å². The topological polar surface area (TPSA) is 41.6 Å². The van der Waals surface area contributed by atoms with Crippen molar-refractivity contribution in [2.45, 2.75) is 0 Å². The van der Waals surface area contributed by atoms with Gasteiger partial charge < -0.3 is 15.0 Å². The Balaban J connectivity index is 1.73. The van der Waals surface area contributed by atoms with Gasteiger partial charge in [0.05, 0.1) is 24.6 Å². The summed E-state index contributed by atoms with van der Waals surface area (Å²) in [6.07, 6.45) is 3.11. The van der Waals surface area contributed by atoms with Gasteiger partial charge in [-0.05, 0) is 42.0 Å². The largest absolute Gasteiger partial charge is 0.378 e. The molecule has 0 bridgehead atoms. The second-order valence-corrected chi connectivity index (χ2v) is 6.45. The molecule has 0 aliphatic carbocycles. The van der Waals surface area contributed by atoms with Crippen LogP contribution in [-0.2, 0) is 9.53 Å². The third-order valence-corrected chi connectivity index (χ3v) is 4.47. The zero-order valence-electron chi connectivity index (χ0n) is 13.5. The highest BCUT2D eigenvalue weighted by atomic mass is 35.5. The smallest absolute Gasteiger partial charge is 0.248 e. The molecule has 0 radical (unpaired) electrons. The minimum Gasteiger partial charge on any atom is -0.378 e. The van der Waals surface area contributed by atoms with Crippen LogP contribution in [0.15, 0.2) is 48.5 Å². The zero-order chi connectivity index (χ0) is 17.6. The fourth-order valence-corrected chi connectivity index (χ4v) is 3.00. The number of hydrogen-bond acceptors (Lipinski definition) is 3. The summed E-state index contributed by atoms with van der Waals surface area (Å²) in [5.41, 5.74) is 2.47. The maximum absolute atomic E-state index is 12.3. The molecule has 6 heteroatoms. The second kappa shape index (κ2) is 8.39. The van der Waals surface area contributed by atoms with E-state index in [1.54, 1.807) is 24.3 Å². The molecule has 1 saturated heterocycles. The summed E-state index contributed by atoms with van der Waals surface area (Å²) >= 11 is 12.1. The number of hydrogen-bond donors (Lipinski definition) is 1. The molecular weight excluding hydrogens is 359 g/mol. The molecule has 1 N–H and O–H groups in total. The van der Waals surface area contributed by atoms with E-state index in [1.165, 1.54) is 6.08 Å². The number of nitrogens with zero attached hydrogens (tertiary/aromatic N) is 1. The van der Waals surface area contributed by atoms with Gasteiger partial charge >= 0.3 is 0 Å². The molecule has 1 aliphatic heterocycles. The van der Waals surface area contributed by atoms with Gasteiger partial charge in [0, 0.05) is 29.2 Å². The number of carbonyl (C=O) groups is 1. The lowest BCUT2D eigenvalue weighted by Gasteiger charge is -2.30. The Kier molecular flexibility index (Phi) is 5.97. The Labute approximate surface area is 157 Å². The monoisotopic (exact) mass is 376 g/mol. The summed E-state index contributed by atoms with van der Waals surface area (Å²) in [5, 5.41) is 4.04. The van der Waals surface area contributed by atoms with Crippen molar-refractivity contribution in [1.82, 2.24) is 0 Å². The molecule has 0 unspecified atom stereocenters. The average molecular weight is 377 g/mol. The van der Waals surface area contributed by atoms with Crippen molar-refractivity contribution >= 4 is 46.6 Å². The summed E-state index contributed by atoms with van der Waals surface area (Å²) in [7, 11) is 0. The fraction of sp³-hybridized carbons (Fsp3) is 0.211. The van der Waals surface area contributed by atoms with E-state index in [-0.39, 0.29) is 5.91 Å². The van der Waals surface area contributed by atoms with Crippen LogP contribution in [0.25, 0.3) is 6.08 Å². The Morgan fingerprint density at radius 1 is 1.12 bits per heavy atom. The highest BCUT2D eigenvalue weighted by Crippen LogP contribution is 2.26. The summed E-state index contributed by atoms with van der Waals surface area (Å²) < 4.78 is 5.39. The highest BCUT2D eigenvalue weighted by molar-refractivity contribution is 6.34. The molecule has 2 aromatic carbocycles. The van der Waals surface area contributed by atoms with Crippen molar-refractivity contribution in [3.8, 4) is 0 Å². The van der Waals surface area contributed by atoms with Gasteiger partial charge in [-0.2, -0.15) is 0 Å². The standard InChI is InChI=1S/C19H18Cl2N2O2/c20-15-6-7-16(21)14(13-15)5-8-19(24)22-17-3-1-2-4-18(17)23-9-11-25-12-10-23/h1-8,13H,9-12H2,(H,22,24)/b8-5+. The number of carbonyl (C=O) groups excluding carboxylic acids is 1. The van der Waals surface area contributed by atoms with Crippen molar-refractivity contribution < 1.29 is 9.53 Å². The number of rotatable bonds is 4. The Hall–Kier alpha value is -2.01. The maximum atomic E-state index is 12.3. The third kappa shape index (κ3) is 4.75. The molecule has 3 rings (SSSR count). The quantitative estimate of drug-likeness (QED) is 0.799. The first-order valence-electron chi connectivity index (χ1n) is 7.99. The Morgan fingerprint density at radius 2 is 1.88 bits per heavy atom. The molecule has 0 atom stereocenters. The van der Waals surface area contributed by atoms with Crippen LogP contribution in [0.5, 0.6) is 0 Å². The van der Waals surface area contributed by atoms with Crippen molar-refractivity contribution in [2.24, 2.45) is 0 Å². The van der Waals surface area contributed by atoms with Crippen LogP contribution in [0, 0.1) is 0 Å². The SMILES string of the molecule is O=C(/C=C/c1cc(Cl)ccc1Cl)Nc1ccccc1N1CCOCC1. The second-order valence-electron chi connectivity index (χ2n) is 5.60. The summed E-state index contributed by atoms with van der Waals surface area (Å²) in [6, 6.07) is 12.9. The van der Waals surface area contributed by atoms with Crippen molar-refractivity contribution in [2.75, 3.05) is 36.5 Å². The van der Waals surface area contributed by atoms with Crippen LogP contribution in [0.2, 0.25) is 10.0 Å². The molecule has 1 fully saturated rings. The van der Waals surface area contributed by atoms with Crippen LogP contribution in [0.3, 0.4) is 0 Å². The number of amides is 1. The lowest BCUT2D eigenvalue weighted by atomic mass is 10.2. The first kappa shape index (κ1) is 17.8. The maximum Gasteiger partial charge on any atom is 0.248 e. The number of benzene rings is 2. The molecule has 1 heterocycles. The van der Waals surface area contributed by atoms with Crippen LogP contribution in [-0.4, -0.2) is 32.2 Å². The summed E-state index contributed by atoms with van der Waals surface area (Å²) in [5.74, 6) is -0.225. The Bertz CT molecular complexity index is 787. The lowest BCUT2D eigenvalue weighted by molar-refractivity contribution is -0.111. The fourth-order valence-electron chi connectivity index (χ4n) is 2.64. The number of morpholine rings is 1. The van der Waals surface area contributed by atoms with Gasteiger partial charge in [-0.1, -0.05) is 35.3 Å². The van der Waals surface area contributed by atoms with Gasteiger partial charge in [0.15, 0.2) is 0 Å².